The molecule has 2 aromatic heterocycles. The number of rotatable bonds is 4. The Morgan fingerprint density at radius 1 is 1.26 bits per heavy atom. The fraction of sp³-hybridized carbons (Fsp3) is 0.286. The summed E-state index contributed by atoms with van der Waals surface area (Å²) in [5.41, 5.74) is 3.73. The maximum absolute atomic E-state index is 10.7. The van der Waals surface area contributed by atoms with Crippen LogP contribution in [0.2, 0.25) is 0 Å². The lowest BCUT2D eigenvalue weighted by Gasteiger charge is -2.30. The maximum atomic E-state index is 10.7. The molecule has 0 amide bonds. The van der Waals surface area contributed by atoms with E-state index in [-0.39, 0.29) is 5.88 Å². The normalized spacial score (nSPS) is 16.1. The number of aromatic hydroxyl groups is 1. The van der Waals surface area contributed by atoms with Gasteiger partial charge in [0.2, 0.25) is 5.88 Å². The number of benzene rings is 1. The van der Waals surface area contributed by atoms with Crippen molar-refractivity contribution in [1.29, 1.82) is 5.26 Å². The minimum Gasteiger partial charge on any atom is -0.493 e. The molecule has 3 aromatic rings. The van der Waals surface area contributed by atoms with E-state index < -0.39 is 0 Å². The Bertz CT molecular complexity index is 972. The topological polar surface area (TPSA) is 78.0 Å². The summed E-state index contributed by atoms with van der Waals surface area (Å²) in [6.45, 7) is 0.806. The monoisotopic (exact) mass is 359 g/mol. The van der Waals surface area contributed by atoms with Crippen LogP contribution >= 0.6 is 0 Å². The number of nitriles is 1. The standard InChI is InChI=1S/C21H21N5O/c1-25(14-16-7-5-15(13-22)6-8-16)17-9-10-19-18(12-17)21(27)26(24-19)20-4-2-3-11-23-20/h2-8,11,17,27H,9-10,12,14H2,1H3. The predicted molar refractivity (Wildman–Crippen MR) is 101 cm³/mol. The first-order valence-corrected chi connectivity index (χ1v) is 9.06. The Hall–Kier alpha value is -3.17. The van der Waals surface area contributed by atoms with Crippen molar-refractivity contribution in [3.05, 3.63) is 71.0 Å². The Morgan fingerprint density at radius 3 is 2.78 bits per heavy atom. The van der Waals surface area contributed by atoms with Gasteiger partial charge in [-0.3, -0.25) is 4.90 Å². The van der Waals surface area contributed by atoms with E-state index in [9.17, 15) is 5.11 Å². The van der Waals surface area contributed by atoms with Gasteiger partial charge in [-0.15, -0.1) is 0 Å². The van der Waals surface area contributed by atoms with Crippen LogP contribution in [0.4, 0.5) is 0 Å². The molecule has 1 aromatic carbocycles. The summed E-state index contributed by atoms with van der Waals surface area (Å²) >= 11 is 0. The van der Waals surface area contributed by atoms with E-state index in [4.69, 9.17) is 5.26 Å². The molecule has 0 aliphatic heterocycles. The van der Waals surface area contributed by atoms with Crippen LogP contribution < -0.4 is 0 Å². The highest BCUT2D eigenvalue weighted by atomic mass is 16.3. The molecule has 0 bridgehead atoms. The fourth-order valence-corrected chi connectivity index (χ4v) is 3.65. The Balaban J connectivity index is 1.50. The van der Waals surface area contributed by atoms with Crippen LogP contribution in [0.25, 0.3) is 5.82 Å². The summed E-state index contributed by atoms with van der Waals surface area (Å²) in [5, 5.41) is 24.2. The van der Waals surface area contributed by atoms with E-state index in [2.05, 4.69) is 28.1 Å². The summed E-state index contributed by atoms with van der Waals surface area (Å²) < 4.78 is 1.54. The highest BCUT2D eigenvalue weighted by Crippen LogP contribution is 2.32. The smallest absolute Gasteiger partial charge is 0.219 e. The average Bonchev–Trinajstić information content (AvgIpc) is 3.05. The highest BCUT2D eigenvalue weighted by molar-refractivity contribution is 5.39. The van der Waals surface area contributed by atoms with Crippen molar-refractivity contribution in [2.45, 2.75) is 31.8 Å². The predicted octanol–water partition coefficient (Wildman–Crippen LogP) is 2.83. The molecule has 0 saturated heterocycles. The van der Waals surface area contributed by atoms with E-state index in [1.54, 1.807) is 6.20 Å². The van der Waals surface area contributed by atoms with Gasteiger partial charge in [-0.1, -0.05) is 18.2 Å². The highest BCUT2D eigenvalue weighted by Gasteiger charge is 2.28. The number of aromatic nitrogens is 3. The van der Waals surface area contributed by atoms with Crippen LogP contribution in [0.5, 0.6) is 5.88 Å². The zero-order chi connectivity index (χ0) is 18.8. The molecule has 136 valence electrons. The molecule has 1 atom stereocenters. The van der Waals surface area contributed by atoms with E-state index >= 15 is 0 Å². The van der Waals surface area contributed by atoms with Gasteiger partial charge < -0.3 is 5.11 Å². The quantitative estimate of drug-likeness (QED) is 0.775. The second-order valence-electron chi connectivity index (χ2n) is 6.97. The summed E-state index contributed by atoms with van der Waals surface area (Å²) in [6, 6.07) is 15.8. The summed E-state index contributed by atoms with van der Waals surface area (Å²) in [5.74, 6) is 0.826. The van der Waals surface area contributed by atoms with Crippen LogP contribution in [0.3, 0.4) is 0 Å². The molecule has 6 nitrogen and oxygen atoms in total. The van der Waals surface area contributed by atoms with Crippen molar-refractivity contribution in [1.82, 2.24) is 19.7 Å². The van der Waals surface area contributed by atoms with E-state index in [1.165, 1.54) is 10.2 Å². The minimum atomic E-state index is 0.195. The van der Waals surface area contributed by atoms with Crippen molar-refractivity contribution >= 4 is 0 Å². The van der Waals surface area contributed by atoms with Crippen LogP contribution in [0, 0.1) is 11.3 Å². The van der Waals surface area contributed by atoms with Gasteiger partial charge in [-0.25, -0.2) is 4.98 Å². The molecule has 0 fully saturated rings. The molecule has 0 spiro atoms. The van der Waals surface area contributed by atoms with Gasteiger partial charge in [0.1, 0.15) is 0 Å². The molecule has 1 unspecified atom stereocenters. The molecule has 1 N–H and O–H groups in total. The SMILES string of the molecule is CN(Cc1ccc(C#N)cc1)C1CCc2nn(-c3ccccn3)c(O)c2C1. The maximum Gasteiger partial charge on any atom is 0.219 e. The van der Waals surface area contributed by atoms with Gasteiger partial charge in [0.05, 0.1) is 17.3 Å². The molecule has 1 aliphatic rings. The molecule has 0 radical (unpaired) electrons. The molecule has 4 rings (SSSR count). The summed E-state index contributed by atoms with van der Waals surface area (Å²) in [6.07, 6.45) is 4.30. The number of likely N-dealkylation sites (N-methyl/N-ethyl adjacent to an activating group) is 1. The lowest BCUT2D eigenvalue weighted by molar-refractivity contribution is 0.212. The van der Waals surface area contributed by atoms with Crippen molar-refractivity contribution in [3.63, 3.8) is 0 Å². The zero-order valence-electron chi connectivity index (χ0n) is 15.2. The van der Waals surface area contributed by atoms with Gasteiger partial charge in [0.25, 0.3) is 0 Å². The first-order chi connectivity index (χ1) is 13.2. The van der Waals surface area contributed by atoms with Gasteiger partial charge in [0, 0.05) is 24.3 Å². The van der Waals surface area contributed by atoms with Crippen LogP contribution in [-0.2, 0) is 19.4 Å². The fourth-order valence-electron chi connectivity index (χ4n) is 3.65. The lowest BCUT2D eigenvalue weighted by Crippen LogP contribution is -2.35. The van der Waals surface area contributed by atoms with Gasteiger partial charge in [0.15, 0.2) is 5.82 Å². The van der Waals surface area contributed by atoms with Gasteiger partial charge in [-0.2, -0.15) is 15.0 Å². The van der Waals surface area contributed by atoms with E-state index in [0.717, 1.165) is 37.1 Å². The molecule has 27 heavy (non-hydrogen) atoms. The Labute approximate surface area is 158 Å². The van der Waals surface area contributed by atoms with Crippen molar-refractivity contribution < 1.29 is 5.11 Å². The number of hydrogen-bond donors (Lipinski definition) is 1. The molecular weight excluding hydrogens is 338 g/mol. The van der Waals surface area contributed by atoms with Crippen molar-refractivity contribution in [2.24, 2.45) is 0 Å². The number of pyridine rings is 1. The van der Waals surface area contributed by atoms with Crippen LogP contribution in [0.15, 0.2) is 48.7 Å². The number of nitrogens with zero attached hydrogens (tertiary/aromatic N) is 5. The molecule has 0 saturated carbocycles. The van der Waals surface area contributed by atoms with Crippen LogP contribution in [0.1, 0.15) is 28.8 Å². The first kappa shape index (κ1) is 17.3. The molecule has 1 aliphatic carbocycles. The van der Waals surface area contributed by atoms with E-state index in [1.807, 2.05) is 42.5 Å². The van der Waals surface area contributed by atoms with Crippen LogP contribution in [-0.4, -0.2) is 37.9 Å². The molecule has 2 heterocycles. The Morgan fingerprint density at radius 2 is 2.07 bits per heavy atom. The zero-order valence-corrected chi connectivity index (χ0v) is 15.2. The van der Waals surface area contributed by atoms with Crippen molar-refractivity contribution in [2.75, 3.05) is 7.05 Å². The second kappa shape index (κ2) is 7.22. The van der Waals surface area contributed by atoms with Gasteiger partial charge >= 0.3 is 0 Å². The number of hydrogen-bond acceptors (Lipinski definition) is 5. The largest absolute Gasteiger partial charge is 0.493 e. The number of aryl methyl sites for hydroxylation is 1. The third-order valence-electron chi connectivity index (χ3n) is 5.20. The van der Waals surface area contributed by atoms with E-state index in [0.29, 0.717) is 17.4 Å². The molecule has 6 heteroatoms. The number of fused-ring (bicyclic) bond motifs is 1. The summed E-state index contributed by atoms with van der Waals surface area (Å²) in [7, 11) is 2.11. The van der Waals surface area contributed by atoms with Gasteiger partial charge in [-0.05, 0) is 56.1 Å². The Kier molecular flexibility index (Phi) is 4.61. The average molecular weight is 359 g/mol. The lowest BCUT2D eigenvalue weighted by atomic mass is 9.92. The minimum absolute atomic E-state index is 0.195. The molecular formula is C21H21N5O. The van der Waals surface area contributed by atoms with Crippen molar-refractivity contribution in [3.8, 4) is 17.8 Å². The third kappa shape index (κ3) is 3.42. The third-order valence-corrected chi connectivity index (χ3v) is 5.20. The second-order valence-corrected chi connectivity index (χ2v) is 6.97. The first-order valence-electron chi connectivity index (χ1n) is 9.06. The summed E-state index contributed by atoms with van der Waals surface area (Å²) in [4.78, 5) is 6.59.